The van der Waals surface area contributed by atoms with Crippen LogP contribution in [0.3, 0.4) is 0 Å². The van der Waals surface area contributed by atoms with E-state index in [-0.39, 0.29) is 11.8 Å². The number of halogens is 1. The molecule has 0 N–H and O–H groups in total. The van der Waals surface area contributed by atoms with Crippen molar-refractivity contribution < 1.29 is 9.59 Å². The molecule has 5 heteroatoms. The Morgan fingerprint density at radius 2 is 1.88 bits per heavy atom. The van der Waals surface area contributed by atoms with Gasteiger partial charge in [-0.2, -0.15) is 0 Å². The third-order valence-electron chi connectivity index (χ3n) is 4.64. The van der Waals surface area contributed by atoms with Crippen molar-refractivity contribution in [1.29, 1.82) is 0 Å². The Labute approximate surface area is 153 Å². The first-order valence-corrected chi connectivity index (χ1v) is 8.71. The van der Waals surface area contributed by atoms with Crippen LogP contribution >= 0.6 is 11.6 Å². The number of aryl methyl sites for hydroxylation is 2. The van der Waals surface area contributed by atoms with Crippen molar-refractivity contribution >= 4 is 29.1 Å². The van der Waals surface area contributed by atoms with E-state index in [2.05, 4.69) is 0 Å². The van der Waals surface area contributed by atoms with Gasteiger partial charge in [0.05, 0.1) is 0 Å². The Kier molecular flexibility index (Phi) is 4.82. The molecule has 0 aliphatic carbocycles. The Bertz CT molecular complexity index is 834. The first-order valence-electron chi connectivity index (χ1n) is 8.33. The summed E-state index contributed by atoms with van der Waals surface area (Å²) in [5.74, 6) is -0.190. The van der Waals surface area contributed by atoms with E-state index in [0.717, 1.165) is 16.8 Å². The van der Waals surface area contributed by atoms with Gasteiger partial charge in [-0.05, 0) is 50.6 Å². The summed E-state index contributed by atoms with van der Waals surface area (Å²) in [7, 11) is 0. The lowest BCUT2D eigenvalue weighted by Crippen LogP contribution is -2.58. The molecule has 1 fully saturated rings. The molecule has 4 nitrogen and oxygen atoms in total. The van der Waals surface area contributed by atoms with Crippen LogP contribution in [0.2, 0.25) is 5.02 Å². The smallest absolute Gasteiger partial charge is 0.254 e. The van der Waals surface area contributed by atoms with E-state index >= 15 is 0 Å². The van der Waals surface area contributed by atoms with Gasteiger partial charge in [0.1, 0.15) is 6.04 Å². The van der Waals surface area contributed by atoms with Gasteiger partial charge in [0, 0.05) is 29.4 Å². The van der Waals surface area contributed by atoms with Crippen LogP contribution in [0, 0.1) is 13.8 Å². The molecule has 1 aliphatic rings. The zero-order valence-corrected chi connectivity index (χ0v) is 15.4. The van der Waals surface area contributed by atoms with Crippen molar-refractivity contribution in [3.05, 3.63) is 64.2 Å². The molecule has 2 aromatic carbocycles. The molecular formula is C20H21ClN2O2. The van der Waals surface area contributed by atoms with Gasteiger partial charge in [-0.3, -0.25) is 9.59 Å². The fourth-order valence-corrected chi connectivity index (χ4v) is 3.37. The van der Waals surface area contributed by atoms with Crippen molar-refractivity contribution in [2.24, 2.45) is 0 Å². The maximum Gasteiger partial charge on any atom is 0.254 e. The number of carbonyl (C=O) groups is 2. The Hall–Kier alpha value is -2.33. The monoisotopic (exact) mass is 356 g/mol. The molecule has 1 saturated heterocycles. The van der Waals surface area contributed by atoms with Gasteiger partial charge in [0.25, 0.3) is 5.91 Å². The molecule has 1 aliphatic heterocycles. The lowest BCUT2D eigenvalue weighted by molar-refractivity contribution is -0.124. The maximum absolute atomic E-state index is 12.9. The highest BCUT2D eigenvalue weighted by molar-refractivity contribution is 6.31. The number of hydrogen-bond donors (Lipinski definition) is 0. The van der Waals surface area contributed by atoms with E-state index in [9.17, 15) is 9.59 Å². The molecule has 0 unspecified atom stereocenters. The normalized spacial score (nSPS) is 17.8. The average Bonchev–Trinajstić information content (AvgIpc) is 2.59. The van der Waals surface area contributed by atoms with Crippen molar-refractivity contribution in [2.45, 2.75) is 26.8 Å². The first-order chi connectivity index (χ1) is 11.9. The van der Waals surface area contributed by atoms with E-state index in [1.807, 2.05) is 44.2 Å². The second-order valence-electron chi connectivity index (χ2n) is 6.46. The molecule has 2 amide bonds. The number of benzene rings is 2. The minimum Gasteiger partial charge on any atom is -0.325 e. The van der Waals surface area contributed by atoms with Gasteiger partial charge in [0.15, 0.2) is 0 Å². The second-order valence-corrected chi connectivity index (χ2v) is 6.90. The lowest BCUT2D eigenvalue weighted by Gasteiger charge is -2.39. The SMILES string of the molecule is Cc1cccc(C(=O)N2CCN(c3cc(Cl)ccc3C)C(=O)[C@@H]2C)c1. The lowest BCUT2D eigenvalue weighted by atomic mass is 10.1. The summed E-state index contributed by atoms with van der Waals surface area (Å²) in [6.07, 6.45) is 0. The predicted octanol–water partition coefficient (Wildman–Crippen LogP) is 3.83. The van der Waals surface area contributed by atoms with E-state index in [1.54, 1.807) is 28.9 Å². The quantitative estimate of drug-likeness (QED) is 0.820. The fourth-order valence-electron chi connectivity index (χ4n) is 3.20. The summed E-state index contributed by atoms with van der Waals surface area (Å²) < 4.78 is 0. The number of nitrogens with zero attached hydrogens (tertiary/aromatic N) is 2. The van der Waals surface area contributed by atoms with E-state index < -0.39 is 6.04 Å². The van der Waals surface area contributed by atoms with E-state index in [1.165, 1.54) is 0 Å². The van der Waals surface area contributed by atoms with Crippen molar-refractivity contribution in [3.63, 3.8) is 0 Å². The van der Waals surface area contributed by atoms with Crippen LogP contribution in [0.5, 0.6) is 0 Å². The molecule has 1 heterocycles. The van der Waals surface area contributed by atoms with Gasteiger partial charge < -0.3 is 9.80 Å². The van der Waals surface area contributed by atoms with Crippen LogP contribution < -0.4 is 4.90 Å². The molecule has 130 valence electrons. The van der Waals surface area contributed by atoms with E-state index in [0.29, 0.717) is 23.7 Å². The Balaban J connectivity index is 1.84. The summed E-state index contributed by atoms with van der Waals surface area (Å²) in [5, 5.41) is 0.597. The van der Waals surface area contributed by atoms with Crippen LogP contribution in [0.25, 0.3) is 0 Å². The van der Waals surface area contributed by atoms with Crippen molar-refractivity contribution in [1.82, 2.24) is 4.90 Å². The minimum absolute atomic E-state index is 0.0855. The third kappa shape index (κ3) is 3.40. The number of carbonyl (C=O) groups excluding carboxylic acids is 2. The zero-order valence-electron chi connectivity index (χ0n) is 14.6. The summed E-state index contributed by atoms with van der Waals surface area (Å²) in [6, 6.07) is 12.5. The Morgan fingerprint density at radius 3 is 2.60 bits per heavy atom. The average molecular weight is 357 g/mol. The molecule has 3 rings (SSSR count). The van der Waals surface area contributed by atoms with Gasteiger partial charge >= 0.3 is 0 Å². The van der Waals surface area contributed by atoms with Crippen LogP contribution in [0.1, 0.15) is 28.4 Å². The molecule has 0 spiro atoms. The third-order valence-corrected chi connectivity index (χ3v) is 4.88. The van der Waals surface area contributed by atoms with Gasteiger partial charge in [-0.15, -0.1) is 0 Å². The second kappa shape index (κ2) is 6.89. The van der Waals surface area contributed by atoms with Gasteiger partial charge in [-0.25, -0.2) is 0 Å². The minimum atomic E-state index is -0.514. The largest absolute Gasteiger partial charge is 0.325 e. The van der Waals surface area contributed by atoms with Crippen LogP contribution in [0.15, 0.2) is 42.5 Å². The predicted molar refractivity (Wildman–Crippen MR) is 100 cm³/mol. The summed E-state index contributed by atoms with van der Waals surface area (Å²) in [4.78, 5) is 29.1. The Morgan fingerprint density at radius 1 is 1.12 bits per heavy atom. The number of hydrogen-bond acceptors (Lipinski definition) is 2. The van der Waals surface area contributed by atoms with Gasteiger partial charge in [0.2, 0.25) is 5.91 Å². The highest BCUT2D eigenvalue weighted by atomic mass is 35.5. The van der Waals surface area contributed by atoms with Crippen LogP contribution in [-0.4, -0.2) is 35.8 Å². The number of piperazine rings is 1. The van der Waals surface area contributed by atoms with Crippen LogP contribution in [-0.2, 0) is 4.79 Å². The first kappa shape index (κ1) is 17.5. The van der Waals surface area contributed by atoms with Gasteiger partial charge in [-0.1, -0.05) is 35.4 Å². The summed E-state index contributed by atoms with van der Waals surface area (Å²) in [6.45, 7) is 6.63. The maximum atomic E-state index is 12.9. The molecular weight excluding hydrogens is 336 g/mol. The molecule has 25 heavy (non-hydrogen) atoms. The highest BCUT2D eigenvalue weighted by Gasteiger charge is 2.35. The number of anilines is 1. The molecule has 0 bridgehead atoms. The number of amides is 2. The summed E-state index contributed by atoms with van der Waals surface area (Å²) >= 11 is 6.09. The van der Waals surface area contributed by atoms with E-state index in [4.69, 9.17) is 11.6 Å². The van der Waals surface area contributed by atoms with Crippen molar-refractivity contribution in [2.75, 3.05) is 18.0 Å². The fraction of sp³-hybridized carbons (Fsp3) is 0.300. The molecule has 0 aromatic heterocycles. The van der Waals surface area contributed by atoms with Crippen LogP contribution in [0.4, 0.5) is 5.69 Å². The number of rotatable bonds is 2. The highest BCUT2D eigenvalue weighted by Crippen LogP contribution is 2.27. The molecule has 1 atom stereocenters. The molecule has 0 saturated carbocycles. The topological polar surface area (TPSA) is 40.6 Å². The zero-order chi connectivity index (χ0) is 18.1. The van der Waals surface area contributed by atoms with Crippen molar-refractivity contribution in [3.8, 4) is 0 Å². The molecule has 2 aromatic rings. The molecule has 0 radical (unpaired) electrons. The standard InChI is InChI=1S/C20H21ClN2O2/c1-13-5-4-6-16(11-13)20(25)22-9-10-23(19(24)15(22)3)18-12-17(21)8-7-14(18)2/h4-8,11-12,15H,9-10H2,1-3H3/t15-/m0/s1. The summed E-state index contributed by atoms with van der Waals surface area (Å²) in [5.41, 5.74) is 3.44.